The van der Waals surface area contributed by atoms with Crippen molar-refractivity contribution >= 4 is 11.8 Å². The molecule has 1 unspecified atom stereocenters. The van der Waals surface area contributed by atoms with E-state index in [-0.39, 0.29) is 22.6 Å². The normalized spacial score (nSPS) is 32.5. The number of carbonyl (C=O) groups is 2. The minimum absolute atomic E-state index is 0.176. The summed E-state index contributed by atoms with van der Waals surface area (Å²) in [6.07, 6.45) is 9.71. The van der Waals surface area contributed by atoms with Crippen LogP contribution >= 0.6 is 0 Å². The van der Waals surface area contributed by atoms with E-state index < -0.39 is 0 Å². The average molecular weight is 276 g/mol. The van der Waals surface area contributed by atoms with Gasteiger partial charge in [0.1, 0.15) is 0 Å². The van der Waals surface area contributed by atoms with Crippen LogP contribution in [0.25, 0.3) is 0 Å². The molecule has 4 heteroatoms. The van der Waals surface area contributed by atoms with Crippen LogP contribution in [0.3, 0.4) is 0 Å². The lowest BCUT2D eigenvalue weighted by molar-refractivity contribution is -0.146. The first-order chi connectivity index (χ1) is 9.56. The third-order valence-corrected chi connectivity index (χ3v) is 5.49. The number of amides is 2. The summed E-state index contributed by atoms with van der Waals surface area (Å²) >= 11 is 0. The molecular formula is C16H24N2O2. The Bertz CT molecular complexity index is 449. The molecule has 1 spiro atoms. The van der Waals surface area contributed by atoms with Crippen molar-refractivity contribution in [1.82, 2.24) is 10.2 Å². The quantitative estimate of drug-likeness (QED) is 0.743. The fourth-order valence-electron chi connectivity index (χ4n) is 3.87. The Hall–Kier alpha value is -1.32. The Balaban J connectivity index is 1.64. The van der Waals surface area contributed by atoms with Gasteiger partial charge in [0, 0.05) is 19.6 Å². The van der Waals surface area contributed by atoms with Crippen molar-refractivity contribution in [3.05, 3.63) is 12.2 Å². The topological polar surface area (TPSA) is 49.4 Å². The molecule has 3 aliphatic rings. The van der Waals surface area contributed by atoms with Crippen LogP contribution in [-0.2, 0) is 9.59 Å². The zero-order valence-electron chi connectivity index (χ0n) is 12.3. The van der Waals surface area contributed by atoms with E-state index in [9.17, 15) is 9.59 Å². The summed E-state index contributed by atoms with van der Waals surface area (Å²) in [6.45, 7) is 4.37. The zero-order chi connectivity index (χ0) is 14.2. The lowest BCUT2D eigenvalue weighted by atomic mass is 9.74. The molecule has 1 atom stereocenters. The monoisotopic (exact) mass is 276 g/mol. The van der Waals surface area contributed by atoms with E-state index in [1.165, 1.54) is 0 Å². The number of piperidine rings is 1. The molecule has 0 saturated carbocycles. The Labute approximate surface area is 120 Å². The van der Waals surface area contributed by atoms with Crippen molar-refractivity contribution in [3.63, 3.8) is 0 Å². The van der Waals surface area contributed by atoms with Crippen LogP contribution < -0.4 is 5.32 Å². The molecule has 2 amide bonds. The number of likely N-dealkylation sites (tertiary alicyclic amines) is 1. The van der Waals surface area contributed by atoms with E-state index in [1.54, 1.807) is 0 Å². The number of nitrogens with one attached hydrogen (secondary N) is 1. The highest BCUT2D eigenvalue weighted by Crippen LogP contribution is 2.40. The molecule has 2 saturated heterocycles. The molecule has 0 aromatic carbocycles. The molecule has 2 heterocycles. The van der Waals surface area contributed by atoms with Crippen LogP contribution in [0.1, 0.15) is 45.4 Å². The van der Waals surface area contributed by atoms with Crippen molar-refractivity contribution < 1.29 is 9.59 Å². The van der Waals surface area contributed by atoms with Gasteiger partial charge in [0.05, 0.1) is 10.8 Å². The Kier molecular flexibility index (Phi) is 3.35. The van der Waals surface area contributed by atoms with Crippen LogP contribution in [0, 0.1) is 10.8 Å². The summed E-state index contributed by atoms with van der Waals surface area (Å²) < 4.78 is 0. The third-order valence-electron chi connectivity index (χ3n) is 5.49. The molecule has 20 heavy (non-hydrogen) atoms. The van der Waals surface area contributed by atoms with Gasteiger partial charge in [-0.05, 0) is 38.5 Å². The second kappa shape index (κ2) is 4.90. The fourth-order valence-corrected chi connectivity index (χ4v) is 3.87. The summed E-state index contributed by atoms with van der Waals surface area (Å²) in [5, 5.41) is 2.94. The molecule has 1 N–H and O–H groups in total. The van der Waals surface area contributed by atoms with E-state index >= 15 is 0 Å². The number of hydrogen-bond donors (Lipinski definition) is 1. The highest BCUT2D eigenvalue weighted by Gasteiger charge is 2.46. The largest absolute Gasteiger partial charge is 0.356 e. The molecule has 0 aromatic heterocycles. The molecular weight excluding hydrogens is 252 g/mol. The Morgan fingerprint density at radius 3 is 2.50 bits per heavy atom. The van der Waals surface area contributed by atoms with Gasteiger partial charge in [-0.1, -0.05) is 19.1 Å². The van der Waals surface area contributed by atoms with E-state index in [0.717, 1.165) is 58.2 Å². The molecule has 1 aliphatic carbocycles. The van der Waals surface area contributed by atoms with Crippen LogP contribution in [0.5, 0.6) is 0 Å². The number of carbonyl (C=O) groups excluding carboxylic acids is 2. The molecule has 3 rings (SSSR count). The standard InChI is InChI=1S/C16H24N2O2/c1-15(5-3-2-4-6-15)14(20)18-11-8-16(9-12-18)7-10-17-13(16)19/h2-3H,4-12H2,1H3,(H,17,19). The number of hydrogen-bond acceptors (Lipinski definition) is 2. The predicted molar refractivity (Wildman–Crippen MR) is 77.0 cm³/mol. The van der Waals surface area contributed by atoms with Gasteiger partial charge in [-0.25, -0.2) is 0 Å². The smallest absolute Gasteiger partial charge is 0.228 e. The number of allylic oxidation sites excluding steroid dienone is 2. The molecule has 110 valence electrons. The van der Waals surface area contributed by atoms with Crippen molar-refractivity contribution in [2.24, 2.45) is 10.8 Å². The van der Waals surface area contributed by atoms with Crippen molar-refractivity contribution in [2.75, 3.05) is 19.6 Å². The molecule has 0 bridgehead atoms. The maximum absolute atomic E-state index is 12.8. The second-order valence-electron chi connectivity index (χ2n) is 6.85. The first-order valence-corrected chi connectivity index (χ1v) is 7.79. The van der Waals surface area contributed by atoms with E-state index in [1.807, 2.05) is 4.90 Å². The average Bonchev–Trinajstić information content (AvgIpc) is 2.81. The maximum atomic E-state index is 12.8. The summed E-state index contributed by atoms with van der Waals surface area (Å²) in [5.41, 5.74) is -0.401. The lowest BCUT2D eigenvalue weighted by Crippen LogP contribution is -2.50. The predicted octanol–water partition coefficient (Wildman–Crippen LogP) is 1.86. The summed E-state index contributed by atoms with van der Waals surface area (Å²) in [6, 6.07) is 0. The van der Waals surface area contributed by atoms with Gasteiger partial charge in [0.15, 0.2) is 0 Å². The third kappa shape index (κ3) is 2.15. The first-order valence-electron chi connectivity index (χ1n) is 7.79. The fraction of sp³-hybridized carbons (Fsp3) is 0.750. The molecule has 2 aliphatic heterocycles. The molecule has 4 nitrogen and oxygen atoms in total. The summed E-state index contributed by atoms with van der Waals surface area (Å²) in [4.78, 5) is 26.7. The maximum Gasteiger partial charge on any atom is 0.228 e. The summed E-state index contributed by atoms with van der Waals surface area (Å²) in [7, 11) is 0. The van der Waals surface area contributed by atoms with Crippen LogP contribution in [0.2, 0.25) is 0 Å². The van der Waals surface area contributed by atoms with Crippen molar-refractivity contribution in [3.8, 4) is 0 Å². The zero-order valence-corrected chi connectivity index (χ0v) is 12.3. The molecule has 0 aromatic rings. The van der Waals surface area contributed by atoms with Crippen molar-refractivity contribution in [2.45, 2.75) is 45.4 Å². The van der Waals surface area contributed by atoms with Gasteiger partial charge in [-0.3, -0.25) is 9.59 Å². The number of nitrogens with zero attached hydrogens (tertiary/aromatic N) is 1. The Morgan fingerprint density at radius 1 is 1.20 bits per heavy atom. The van der Waals surface area contributed by atoms with Gasteiger partial charge in [0.2, 0.25) is 11.8 Å². The summed E-state index contributed by atoms with van der Waals surface area (Å²) in [5.74, 6) is 0.492. The first kappa shape index (κ1) is 13.7. The van der Waals surface area contributed by atoms with E-state index in [4.69, 9.17) is 0 Å². The van der Waals surface area contributed by atoms with Gasteiger partial charge in [-0.2, -0.15) is 0 Å². The van der Waals surface area contributed by atoms with Crippen LogP contribution in [0.15, 0.2) is 12.2 Å². The molecule has 2 fully saturated rings. The van der Waals surface area contributed by atoms with Crippen LogP contribution in [-0.4, -0.2) is 36.3 Å². The van der Waals surface area contributed by atoms with Gasteiger partial charge in [0.25, 0.3) is 0 Å². The van der Waals surface area contributed by atoms with Crippen LogP contribution in [0.4, 0.5) is 0 Å². The Morgan fingerprint density at radius 2 is 1.95 bits per heavy atom. The van der Waals surface area contributed by atoms with Gasteiger partial charge in [-0.15, -0.1) is 0 Å². The SMILES string of the molecule is CC1(C(=O)N2CCC3(CCNC3=O)CC2)CC=CCC1. The minimum Gasteiger partial charge on any atom is -0.356 e. The van der Waals surface area contributed by atoms with Gasteiger partial charge < -0.3 is 10.2 Å². The highest BCUT2D eigenvalue weighted by molar-refractivity contribution is 5.86. The van der Waals surface area contributed by atoms with E-state index in [0.29, 0.717) is 0 Å². The lowest BCUT2D eigenvalue weighted by Gasteiger charge is -2.41. The second-order valence-corrected chi connectivity index (χ2v) is 6.85. The minimum atomic E-state index is -0.225. The van der Waals surface area contributed by atoms with Crippen molar-refractivity contribution in [1.29, 1.82) is 0 Å². The molecule has 0 radical (unpaired) electrons. The van der Waals surface area contributed by atoms with Gasteiger partial charge >= 0.3 is 0 Å². The highest BCUT2D eigenvalue weighted by atomic mass is 16.2. The number of rotatable bonds is 1. The van der Waals surface area contributed by atoms with E-state index in [2.05, 4.69) is 24.4 Å².